The molecule has 0 atom stereocenters. The molecule has 1 aromatic carbocycles. The lowest BCUT2D eigenvalue weighted by atomic mass is 10.1. The van der Waals surface area contributed by atoms with Crippen molar-refractivity contribution < 1.29 is 23.5 Å². The van der Waals surface area contributed by atoms with Gasteiger partial charge in [0.1, 0.15) is 11.3 Å². The van der Waals surface area contributed by atoms with Gasteiger partial charge in [-0.3, -0.25) is 0 Å². The molecule has 0 spiro atoms. The third-order valence-corrected chi connectivity index (χ3v) is 3.86. The molecule has 0 saturated carbocycles. The van der Waals surface area contributed by atoms with Gasteiger partial charge in [0.25, 0.3) is 5.79 Å². The number of rotatable bonds is 3. The molecular formula is C18H19NO5. The molecule has 1 aromatic heterocycles. The summed E-state index contributed by atoms with van der Waals surface area (Å²) in [6, 6.07) is 5.57. The molecule has 6 heteroatoms. The van der Waals surface area contributed by atoms with E-state index in [0.717, 1.165) is 34.4 Å². The number of aryl methyl sites for hydroxylation is 2. The van der Waals surface area contributed by atoms with Gasteiger partial charge in [0.15, 0.2) is 5.57 Å². The van der Waals surface area contributed by atoms with Gasteiger partial charge in [-0.05, 0) is 30.7 Å². The molecule has 3 rings (SSSR count). The molecule has 0 amide bonds. The van der Waals surface area contributed by atoms with E-state index in [1.54, 1.807) is 0 Å². The Kier molecular flexibility index (Phi) is 3.83. The van der Waals surface area contributed by atoms with Gasteiger partial charge in [-0.2, -0.15) is 0 Å². The van der Waals surface area contributed by atoms with Crippen LogP contribution in [-0.4, -0.2) is 17.7 Å². The molecular weight excluding hydrogens is 310 g/mol. The first-order chi connectivity index (χ1) is 11.3. The second kappa shape index (κ2) is 5.70. The average Bonchev–Trinajstić information content (AvgIpc) is 2.81. The van der Waals surface area contributed by atoms with E-state index < -0.39 is 17.7 Å². The lowest BCUT2D eigenvalue weighted by Crippen LogP contribution is -2.42. The average molecular weight is 329 g/mol. The summed E-state index contributed by atoms with van der Waals surface area (Å²) in [5.41, 5.74) is 2.45. The first-order valence-electron chi connectivity index (χ1n) is 7.76. The second-order valence-electron chi connectivity index (χ2n) is 6.10. The summed E-state index contributed by atoms with van der Waals surface area (Å²) in [5.74, 6) is -1.72. The number of esters is 2. The van der Waals surface area contributed by atoms with Crippen LogP contribution in [0.25, 0.3) is 11.0 Å². The zero-order valence-electron chi connectivity index (χ0n) is 14.1. The van der Waals surface area contributed by atoms with Crippen molar-refractivity contribution in [1.82, 2.24) is 0 Å². The summed E-state index contributed by atoms with van der Waals surface area (Å²) < 4.78 is 15.9. The number of ether oxygens (including phenoxy) is 2. The van der Waals surface area contributed by atoms with E-state index in [9.17, 15) is 9.59 Å². The van der Waals surface area contributed by atoms with Crippen LogP contribution < -0.4 is 5.32 Å². The van der Waals surface area contributed by atoms with Crippen molar-refractivity contribution in [3.63, 3.8) is 0 Å². The lowest BCUT2D eigenvalue weighted by molar-refractivity contribution is -0.222. The Bertz CT molecular complexity index is 838. The molecule has 1 saturated heterocycles. The molecule has 1 N–H and O–H groups in total. The lowest BCUT2D eigenvalue weighted by Gasteiger charge is -2.29. The van der Waals surface area contributed by atoms with Gasteiger partial charge in [0.2, 0.25) is 0 Å². The maximum Gasteiger partial charge on any atom is 0.350 e. The predicted molar refractivity (Wildman–Crippen MR) is 88.3 cm³/mol. The Morgan fingerprint density at radius 3 is 2.46 bits per heavy atom. The number of benzene rings is 1. The number of anilines is 1. The quantitative estimate of drug-likeness (QED) is 0.528. The third-order valence-electron chi connectivity index (χ3n) is 3.86. The van der Waals surface area contributed by atoms with Crippen molar-refractivity contribution in [2.24, 2.45) is 0 Å². The first kappa shape index (κ1) is 16.1. The minimum Gasteiger partial charge on any atom is -0.461 e. The molecule has 1 fully saturated rings. The number of fused-ring (bicyclic) bond motifs is 1. The highest BCUT2D eigenvalue weighted by Crippen LogP contribution is 2.28. The van der Waals surface area contributed by atoms with Crippen LogP contribution in [0.5, 0.6) is 0 Å². The summed E-state index contributed by atoms with van der Waals surface area (Å²) in [6.45, 7) is 7.06. The van der Waals surface area contributed by atoms with Crippen LogP contribution in [0.2, 0.25) is 0 Å². The first-order valence-corrected chi connectivity index (χ1v) is 7.76. The summed E-state index contributed by atoms with van der Waals surface area (Å²) >= 11 is 0. The van der Waals surface area contributed by atoms with Crippen LogP contribution in [0.3, 0.4) is 0 Å². The van der Waals surface area contributed by atoms with E-state index in [1.165, 1.54) is 20.0 Å². The number of cyclic esters (lactones) is 2. The van der Waals surface area contributed by atoms with Crippen molar-refractivity contribution in [2.75, 3.05) is 5.32 Å². The second-order valence-corrected chi connectivity index (χ2v) is 6.10. The Hall–Kier alpha value is -2.76. The van der Waals surface area contributed by atoms with Gasteiger partial charge in [0.05, 0.1) is 0 Å². The standard InChI is InChI=1S/C18H19NO5/c1-5-14-10(2)12-8-11(6-7-15(12)22-14)19-9-13-16(20)23-18(3,4)24-17(13)21/h6-9,19H,5H2,1-4H3. The van der Waals surface area contributed by atoms with Gasteiger partial charge in [-0.1, -0.05) is 6.92 Å². The molecule has 0 bridgehead atoms. The monoisotopic (exact) mass is 329 g/mol. The number of nitrogens with one attached hydrogen (secondary N) is 1. The molecule has 6 nitrogen and oxygen atoms in total. The van der Waals surface area contributed by atoms with Crippen LogP contribution in [0.4, 0.5) is 5.69 Å². The van der Waals surface area contributed by atoms with Crippen molar-refractivity contribution in [3.05, 3.63) is 41.3 Å². The fourth-order valence-corrected chi connectivity index (χ4v) is 2.63. The third kappa shape index (κ3) is 2.87. The molecule has 1 aliphatic heterocycles. The van der Waals surface area contributed by atoms with Gasteiger partial charge in [0, 0.05) is 37.5 Å². The maximum atomic E-state index is 11.9. The van der Waals surface area contributed by atoms with Crippen molar-refractivity contribution in [3.8, 4) is 0 Å². The highest BCUT2D eigenvalue weighted by atomic mass is 16.7. The SMILES string of the molecule is CCc1oc2ccc(NC=C3C(=O)OC(C)(C)OC3=O)cc2c1C. The highest BCUT2D eigenvalue weighted by Gasteiger charge is 2.38. The maximum absolute atomic E-state index is 11.9. The Morgan fingerprint density at radius 1 is 1.17 bits per heavy atom. The van der Waals surface area contributed by atoms with Crippen molar-refractivity contribution >= 4 is 28.6 Å². The van der Waals surface area contributed by atoms with E-state index in [1.807, 2.05) is 32.0 Å². The smallest absolute Gasteiger partial charge is 0.350 e. The number of hydrogen-bond acceptors (Lipinski definition) is 6. The highest BCUT2D eigenvalue weighted by molar-refractivity contribution is 6.15. The van der Waals surface area contributed by atoms with E-state index >= 15 is 0 Å². The Morgan fingerprint density at radius 2 is 1.83 bits per heavy atom. The summed E-state index contributed by atoms with van der Waals surface area (Å²) in [4.78, 5) is 23.8. The molecule has 1 aliphatic rings. The van der Waals surface area contributed by atoms with Crippen LogP contribution in [0, 0.1) is 6.92 Å². The number of carbonyl (C=O) groups excluding carboxylic acids is 2. The summed E-state index contributed by atoms with van der Waals surface area (Å²) in [7, 11) is 0. The largest absolute Gasteiger partial charge is 0.461 e. The van der Waals surface area contributed by atoms with Gasteiger partial charge >= 0.3 is 11.9 Å². The number of furan rings is 1. The van der Waals surface area contributed by atoms with E-state index in [-0.39, 0.29) is 5.57 Å². The normalized spacial score (nSPS) is 16.8. The Labute approximate surface area is 139 Å². The number of carbonyl (C=O) groups is 2. The predicted octanol–water partition coefficient (Wildman–Crippen LogP) is 3.44. The fourth-order valence-electron chi connectivity index (χ4n) is 2.63. The van der Waals surface area contributed by atoms with Gasteiger partial charge in [-0.15, -0.1) is 0 Å². The van der Waals surface area contributed by atoms with Crippen LogP contribution >= 0.6 is 0 Å². The zero-order chi connectivity index (χ0) is 17.5. The van der Waals surface area contributed by atoms with Crippen molar-refractivity contribution in [2.45, 2.75) is 39.9 Å². The Balaban J connectivity index is 1.86. The van der Waals surface area contributed by atoms with E-state index in [2.05, 4.69) is 5.32 Å². The van der Waals surface area contributed by atoms with E-state index in [0.29, 0.717) is 0 Å². The zero-order valence-corrected chi connectivity index (χ0v) is 14.1. The number of hydrogen-bond donors (Lipinski definition) is 1. The minimum atomic E-state index is -1.24. The van der Waals surface area contributed by atoms with Gasteiger partial charge < -0.3 is 19.2 Å². The molecule has 0 radical (unpaired) electrons. The van der Waals surface area contributed by atoms with Crippen LogP contribution in [-0.2, 0) is 25.5 Å². The van der Waals surface area contributed by atoms with Gasteiger partial charge in [-0.25, -0.2) is 9.59 Å². The fraction of sp³-hybridized carbons (Fsp3) is 0.333. The molecule has 24 heavy (non-hydrogen) atoms. The molecule has 2 heterocycles. The minimum absolute atomic E-state index is 0.174. The molecule has 2 aromatic rings. The van der Waals surface area contributed by atoms with Crippen molar-refractivity contribution in [1.29, 1.82) is 0 Å². The van der Waals surface area contributed by atoms with E-state index in [4.69, 9.17) is 13.9 Å². The summed E-state index contributed by atoms with van der Waals surface area (Å²) in [5, 5.41) is 3.93. The molecule has 0 unspecified atom stereocenters. The molecule has 126 valence electrons. The molecule has 0 aliphatic carbocycles. The van der Waals surface area contributed by atoms with Crippen LogP contribution in [0.15, 0.2) is 34.4 Å². The van der Waals surface area contributed by atoms with Crippen LogP contribution in [0.1, 0.15) is 32.1 Å². The summed E-state index contributed by atoms with van der Waals surface area (Å²) in [6.07, 6.45) is 2.12. The topological polar surface area (TPSA) is 77.8 Å².